The predicted octanol–water partition coefficient (Wildman–Crippen LogP) is 5.66. The number of fused-ring (bicyclic) bond motifs is 1. The summed E-state index contributed by atoms with van der Waals surface area (Å²) in [5.74, 6) is -0.286. The second-order valence-electron chi connectivity index (χ2n) is 6.20. The van der Waals surface area contributed by atoms with Gasteiger partial charge >= 0.3 is 0 Å². The van der Waals surface area contributed by atoms with Gasteiger partial charge in [-0.1, -0.05) is 39.7 Å². The van der Waals surface area contributed by atoms with Crippen LogP contribution < -0.4 is 5.56 Å². The van der Waals surface area contributed by atoms with Crippen LogP contribution in [0.2, 0.25) is 5.02 Å². The van der Waals surface area contributed by atoms with E-state index in [1.807, 2.05) is 25.1 Å². The van der Waals surface area contributed by atoms with Crippen LogP contribution in [0.1, 0.15) is 18.1 Å². The van der Waals surface area contributed by atoms with Crippen LogP contribution in [0.15, 0.2) is 56.7 Å². The van der Waals surface area contributed by atoms with E-state index in [9.17, 15) is 9.90 Å². The molecule has 4 rings (SSSR count). The second kappa shape index (κ2) is 7.16. The maximum absolute atomic E-state index is 12.6. The van der Waals surface area contributed by atoms with Crippen LogP contribution in [0, 0.1) is 4.77 Å². The fourth-order valence-corrected chi connectivity index (χ4v) is 3.97. The van der Waals surface area contributed by atoms with Gasteiger partial charge in [-0.3, -0.25) is 19.3 Å². The van der Waals surface area contributed by atoms with Crippen LogP contribution >= 0.6 is 39.7 Å². The topological polar surface area (TPSA) is 70.4 Å². The fraction of sp³-hybridized carbons (Fsp3) is 0.0500. The Morgan fingerprint density at radius 2 is 2.04 bits per heavy atom. The van der Waals surface area contributed by atoms with Crippen LogP contribution in [0.4, 0.5) is 5.69 Å². The number of para-hydroxylation sites is 1. The summed E-state index contributed by atoms with van der Waals surface area (Å²) in [5.41, 5.74) is 3.24. The lowest BCUT2D eigenvalue weighted by atomic mass is 10.0. The Bertz CT molecular complexity index is 1310. The molecule has 2 heterocycles. The van der Waals surface area contributed by atoms with Crippen LogP contribution in [-0.2, 0) is 0 Å². The molecule has 0 saturated heterocycles. The summed E-state index contributed by atoms with van der Waals surface area (Å²) in [6, 6.07) is 12.7. The van der Waals surface area contributed by atoms with Crippen molar-refractivity contribution in [2.75, 3.05) is 0 Å². The van der Waals surface area contributed by atoms with Crippen molar-refractivity contribution in [2.24, 2.45) is 4.99 Å². The number of aromatic nitrogens is 2. The maximum Gasteiger partial charge on any atom is 0.262 e. The highest BCUT2D eigenvalue weighted by Gasteiger charge is 2.21. The molecule has 0 unspecified atom stereocenters. The van der Waals surface area contributed by atoms with Crippen molar-refractivity contribution in [1.82, 2.24) is 9.55 Å². The molecule has 0 bridgehead atoms. The van der Waals surface area contributed by atoms with Crippen LogP contribution in [0.25, 0.3) is 17.3 Å². The quantitative estimate of drug-likeness (QED) is 0.471. The van der Waals surface area contributed by atoms with E-state index in [0.29, 0.717) is 10.7 Å². The average Bonchev–Trinajstić information content (AvgIpc) is 2.94. The van der Waals surface area contributed by atoms with E-state index in [2.05, 4.69) is 25.9 Å². The minimum Gasteiger partial charge on any atom is -0.494 e. The van der Waals surface area contributed by atoms with Gasteiger partial charge in [0.25, 0.3) is 5.56 Å². The number of aliphatic imine (C=N–C) groups is 1. The Labute approximate surface area is 178 Å². The number of allylic oxidation sites excluding steroid dienone is 1. The van der Waals surface area contributed by atoms with Gasteiger partial charge in [0.15, 0.2) is 4.77 Å². The van der Waals surface area contributed by atoms with Crippen molar-refractivity contribution < 1.29 is 5.11 Å². The third-order valence-electron chi connectivity index (χ3n) is 4.43. The lowest BCUT2D eigenvalue weighted by Crippen LogP contribution is -2.16. The summed E-state index contributed by atoms with van der Waals surface area (Å²) in [4.78, 5) is 19.7. The van der Waals surface area contributed by atoms with E-state index in [4.69, 9.17) is 23.8 Å². The molecule has 0 saturated carbocycles. The van der Waals surface area contributed by atoms with Crippen molar-refractivity contribution in [2.45, 2.75) is 6.92 Å². The molecule has 8 heteroatoms. The zero-order valence-corrected chi connectivity index (χ0v) is 17.7. The summed E-state index contributed by atoms with van der Waals surface area (Å²) in [6.45, 7) is 1.86. The molecule has 0 spiro atoms. The van der Waals surface area contributed by atoms with E-state index in [1.54, 1.807) is 30.3 Å². The van der Waals surface area contributed by atoms with Gasteiger partial charge < -0.3 is 5.11 Å². The lowest BCUT2D eigenvalue weighted by molar-refractivity contribution is 0.432. The zero-order valence-electron chi connectivity index (χ0n) is 14.5. The number of aromatic amines is 1. The number of nitrogens with zero attached hydrogens (tertiary/aromatic N) is 2. The molecular weight excluding hydrogens is 462 g/mol. The minimum absolute atomic E-state index is 0.0534. The SMILES string of the molecule is CC1=Nc2ccc(Br)cc2/C1=C/c1c(O)n(-c2ccccc2Cl)c(=S)[nH]c1=O. The molecule has 2 N–H and O–H groups in total. The molecule has 28 heavy (non-hydrogen) atoms. The Morgan fingerprint density at radius 3 is 2.79 bits per heavy atom. The van der Waals surface area contributed by atoms with Gasteiger partial charge in [-0.25, -0.2) is 0 Å². The summed E-state index contributed by atoms with van der Waals surface area (Å²) < 4.78 is 2.29. The Balaban J connectivity index is 1.98. The van der Waals surface area contributed by atoms with Gasteiger partial charge in [-0.05, 0) is 55.5 Å². The zero-order chi connectivity index (χ0) is 20.0. The Kier molecular flexibility index (Phi) is 4.82. The first-order chi connectivity index (χ1) is 13.4. The number of benzene rings is 2. The monoisotopic (exact) mass is 473 g/mol. The standard InChI is InChI=1S/C20H13BrClN3O2S/c1-10-12(13-8-11(21)6-7-16(13)23-10)9-14-18(26)24-20(28)25(19(14)27)17-5-3-2-4-15(17)22/h2-9,27H,1H3,(H,24,26,28)/b12-9+. The highest BCUT2D eigenvalue weighted by molar-refractivity contribution is 9.10. The molecule has 1 aliphatic heterocycles. The van der Waals surface area contributed by atoms with Crippen molar-refractivity contribution >= 4 is 62.8 Å². The average molecular weight is 475 g/mol. The number of aromatic hydroxyl groups is 1. The summed E-state index contributed by atoms with van der Waals surface area (Å²) >= 11 is 15.0. The van der Waals surface area contributed by atoms with Crippen LogP contribution in [0.3, 0.4) is 0 Å². The fourth-order valence-electron chi connectivity index (χ4n) is 3.11. The molecule has 0 fully saturated rings. The second-order valence-corrected chi connectivity index (χ2v) is 7.91. The summed E-state index contributed by atoms with van der Waals surface area (Å²) in [7, 11) is 0. The van der Waals surface area contributed by atoms with Crippen LogP contribution in [-0.4, -0.2) is 20.4 Å². The molecule has 0 radical (unpaired) electrons. The molecule has 1 aromatic heterocycles. The Morgan fingerprint density at radius 1 is 1.29 bits per heavy atom. The van der Waals surface area contributed by atoms with E-state index in [-0.39, 0.29) is 16.2 Å². The van der Waals surface area contributed by atoms with Gasteiger partial charge in [0, 0.05) is 21.3 Å². The molecule has 2 aromatic carbocycles. The smallest absolute Gasteiger partial charge is 0.262 e. The molecule has 5 nitrogen and oxygen atoms in total. The normalized spacial score (nSPS) is 14.2. The highest BCUT2D eigenvalue weighted by atomic mass is 79.9. The van der Waals surface area contributed by atoms with Crippen LogP contribution in [0.5, 0.6) is 5.88 Å². The molecule has 3 aromatic rings. The van der Waals surface area contributed by atoms with Crippen molar-refractivity contribution in [3.63, 3.8) is 0 Å². The number of hydrogen-bond donors (Lipinski definition) is 2. The maximum atomic E-state index is 12.6. The highest BCUT2D eigenvalue weighted by Crippen LogP contribution is 2.38. The number of hydrogen-bond acceptors (Lipinski definition) is 4. The lowest BCUT2D eigenvalue weighted by Gasteiger charge is -2.13. The first kappa shape index (κ1) is 18.9. The van der Waals surface area contributed by atoms with Gasteiger partial charge in [0.2, 0.25) is 5.88 Å². The van der Waals surface area contributed by atoms with Gasteiger partial charge in [0.05, 0.1) is 16.4 Å². The van der Waals surface area contributed by atoms with Gasteiger partial charge in [-0.2, -0.15) is 0 Å². The number of H-pyrrole nitrogens is 1. The van der Waals surface area contributed by atoms with Crippen molar-refractivity contribution in [3.8, 4) is 11.6 Å². The predicted molar refractivity (Wildman–Crippen MR) is 119 cm³/mol. The van der Waals surface area contributed by atoms with Gasteiger partial charge in [-0.15, -0.1) is 0 Å². The molecule has 1 aliphatic rings. The van der Waals surface area contributed by atoms with Crippen molar-refractivity contribution in [3.05, 3.63) is 78.2 Å². The number of rotatable bonds is 2. The third-order valence-corrected chi connectivity index (χ3v) is 5.53. The first-order valence-corrected chi connectivity index (χ1v) is 9.85. The molecule has 0 amide bonds. The molecule has 0 aliphatic carbocycles. The van der Waals surface area contributed by atoms with E-state index in [1.165, 1.54) is 4.57 Å². The molecule has 0 atom stereocenters. The molecular formula is C20H13BrClN3O2S. The largest absolute Gasteiger partial charge is 0.494 e. The molecule has 140 valence electrons. The summed E-state index contributed by atoms with van der Waals surface area (Å²) in [6.07, 6.45) is 1.62. The van der Waals surface area contributed by atoms with Crippen molar-refractivity contribution in [1.29, 1.82) is 0 Å². The summed E-state index contributed by atoms with van der Waals surface area (Å²) in [5, 5.41) is 11.3. The van der Waals surface area contributed by atoms with E-state index < -0.39 is 5.56 Å². The van der Waals surface area contributed by atoms with E-state index >= 15 is 0 Å². The number of nitrogens with one attached hydrogen (secondary N) is 1. The Hall–Kier alpha value is -2.48. The third kappa shape index (κ3) is 3.15. The van der Waals surface area contributed by atoms with Gasteiger partial charge in [0.1, 0.15) is 5.56 Å². The van der Waals surface area contributed by atoms with E-state index in [0.717, 1.165) is 27.0 Å². The number of halogens is 2. The minimum atomic E-state index is -0.491. The first-order valence-electron chi connectivity index (χ1n) is 8.27.